The number of hydrogen-bond acceptors (Lipinski definition) is 1. The van der Waals surface area contributed by atoms with Crippen LogP contribution < -0.4 is 10.6 Å². The van der Waals surface area contributed by atoms with Crippen molar-refractivity contribution in [2.75, 3.05) is 11.9 Å². The van der Waals surface area contributed by atoms with E-state index in [1.54, 1.807) is 0 Å². The summed E-state index contributed by atoms with van der Waals surface area (Å²) in [5.41, 5.74) is 0.798. The number of nitrogens with one attached hydrogen (secondary N) is 2. The molecule has 0 spiro atoms. The molecule has 1 aromatic rings. The highest BCUT2D eigenvalue weighted by atomic mass is 79.9. The molecule has 0 fully saturated rings. The Kier molecular flexibility index (Phi) is 4.65. The maximum absolute atomic E-state index is 5.97. The van der Waals surface area contributed by atoms with Crippen molar-refractivity contribution in [3.8, 4) is 0 Å². The van der Waals surface area contributed by atoms with Crippen molar-refractivity contribution in [2.24, 2.45) is 0 Å². The van der Waals surface area contributed by atoms with Gasteiger partial charge >= 0.3 is 0 Å². The normalized spacial score (nSPS) is 9.64. The van der Waals surface area contributed by atoms with Crippen LogP contribution in [0.2, 0.25) is 5.02 Å². The number of hydrogen-bond donors (Lipinski definition) is 2. The van der Waals surface area contributed by atoms with Crippen molar-refractivity contribution >= 4 is 50.5 Å². The molecule has 76 valence electrons. The summed E-state index contributed by atoms with van der Waals surface area (Å²) in [6, 6.07) is 5.57. The van der Waals surface area contributed by atoms with Crippen LogP contribution in [0.15, 0.2) is 22.7 Å². The van der Waals surface area contributed by atoms with Gasteiger partial charge < -0.3 is 10.6 Å². The number of anilines is 1. The molecule has 0 unspecified atom stereocenters. The molecule has 2 N–H and O–H groups in total. The SMILES string of the molecule is CCNC(=S)Nc1cc(Br)ccc1Cl. The predicted octanol–water partition coefficient (Wildman–Crippen LogP) is 3.41. The van der Waals surface area contributed by atoms with Gasteiger partial charge in [-0.15, -0.1) is 0 Å². The summed E-state index contributed by atoms with van der Waals surface area (Å²) in [5.74, 6) is 0. The summed E-state index contributed by atoms with van der Waals surface area (Å²) >= 11 is 14.4. The Morgan fingerprint density at radius 2 is 2.29 bits per heavy atom. The van der Waals surface area contributed by atoms with Crippen molar-refractivity contribution in [1.29, 1.82) is 0 Å². The number of benzene rings is 1. The van der Waals surface area contributed by atoms with Crippen molar-refractivity contribution in [1.82, 2.24) is 5.32 Å². The summed E-state index contributed by atoms with van der Waals surface area (Å²) in [7, 11) is 0. The van der Waals surface area contributed by atoms with E-state index in [0.717, 1.165) is 16.7 Å². The lowest BCUT2D eigenvalue weighted by molar-refractivity contribution is 0.979. The molecule has 0 aliphatic heterocycles. The largest absolute Gasteiger partial charge is 0.363 e. The van der Waals surface area contributed by atoms with E-state index in [0.29, 0.717) is 10.1 Å². The summed E-state index contributed by atoms with van der Waals surface area (Å²) in [6.07, 6.45) is 0. The van der Waals surface area contributed by atoms with Gasteiger partial charge in [-0.3, -0.25) is 0 Å². The maximum atomic E-state index is 5.97. The summed E-state index contributed by atoms with van der Waals surface area (Å²) in [4.78, 5) is 0. The van der Waals surface area contributed by atoms with Crippen LogP contribution in [0.25, 0.3) is 0 Å². The molecule has 2 nitrogen and oxygen atoms in total. The van der Waals surface area contributed by atoms with E-state index in [4.69, 9.17) is 23.8 Å². The fourth-order valence-electron chi connectivity index (χ4n) is 0.920. The molecule has 0 atom stereocenters. The highest BCUT2D eigenvalue weighted by molar-refractivity contribution is 9.10. The minimum atomic E-state index is 0.576. The Balaban J connectivity index is 2.75. The Labute approximate surface area is 102 Å². The summed E-state index contributed by atoms with van der Waals surface area (Å²) < 4.78 is 0.962. The second-order valence-electron chi connectivity index (χ2n) is 2.61. The smallest absolute Gasteiger partial charge is 0.170 e. The van der Waals surface area contributed by atoms with Gasteiger partial charge in [0.25, 0.3) is 0 Å². The number of thiocarbonyl (C=S) groups is 1. The topological polar surface area (TPSA) is 24.1 Å². The molecule has 0 aliphatic carbocycles. The van der Waals surface area contributed by atoms with E-state index in [1.165, 1.54) is 0 Å². The van der Waals surface area contributed by atoms with Crippen LogP contribution in [-0.2, 0) is 0 Å². The van der Waals surface area contributed by atoms with Crippen molar-refractivity contribution in [3.05, 3.63) is 27.7 Å². The van der Waals surface area contributed by atoms with Crippen LogP contribution in [0.5, 0.6) is 0 Å². The van der Waals surface area contributed by atoms with Gasteiger partial charge in [0.1, 0.15) is 0 Å². The minimum absolute atomic E-state index is 0.576. The lowest BCUT2D eigenvalue weighted by Crippen LogP contribution is -2.27. The molecule has 0 bridgehead atoms. The monoisotopic (exact) mass is 292 g/mol. The van der Waals surface area contributed by atoms with E-state index in [-0.39, 0.29) is 0 Å². The Morgan fingerprint density at radius 3 is 2.93 bits per heavy atom. The van der Waals surface area contributed by atoms with Crippen LogP contribution in [0, 0.1) is 0 Å². The van der Waals surface area contributed by atoms with Crippen LogP contribution in [0.3, 0.4) is 0 Å². The molecule has 0 amide bonds. The van der Waals surface area contributed by atoms with Crippen LogP contribution in [-0.4, -0.2) is 11.7 Å². The van der Waals surface area contributed by atoms with Crippen LogP contribution in [0.1, 0.15) is 6.92 Å². The first-order valence-electron chi connectivity index (χ1n) is 4.13. The zero-order valence-electron chi connectivity index (χ0n) is 7.60. The predicted molar refractivity (Wildman–Crippen MR) is 69.0 cm³/mol. The van der Waals surface area contributed by atoms with Crippen LogP contribution in [0.4, 0.5) is 5.69 Å². The van der Waals surface area contributed by atoms with Gasteiger partial charge in [0.05, 0.1) is 10.7 Å². The molecular formula is C9H10BrClN2S. The second-order valence-corrected chi connectivity index (χ2v) is 4.34. The lowest BCUT2D eigenvalue weighted by atomic mass is 10.3. The average molecular weight is 294 g/mol. The van der Waals surface area contributed by atoms with Gasteiger partial charge in [0.2, 0.25) is 0 Å². The van der Waals surface area contributed by atoms with Crippen molar-refractivity contribution < 1.29 is 0 Å². The molecule has 1 rings (SSSR count). The molecule has 5 heteroatoms. The molecule has 0 aliphatic rings. The van der Waals surface area contributed by atoms with Gasteiger partial charge in [-0.2, -0.15) is 0 Å². The highest BCUT2D eigenvalue weighted by Gasteiger charge is 2.02. The second kappa shape index (κ2) is 5.53. The fraction of sp³-hybridized carbons (Fsp3) is 0.222. The van der Waals surface area contributed by atoms with Gasteiger partial charge in [0, 0.05) is 11.0 Å². The molecule has 1 aromatic carbocycles. The van der Waals surface area contributed by atoms with E-state index in [1.807, 2.05) is 25.1 Å². The lowest BCUT2D eigenvalue weighted by Gasteiger charge is -2.10. The zero-order valence-corrected chi connectivity index (χ0v) is 10.8. The van der Waals surface area contributed by atoms with E-state index in [9.17, 15) is 0 Å². The van der Waals surface area contributed by atoms with Gasteiger partial charge in [0.15, 0.2) is 5.11 Å². The Bertz CT molecular complexity index is 344. The van der Waals surface area contributed by atoms with Gasteiger partial charge in [-0.05, 0) is 37.3 Å². The molecular weight excluding hydrogens is 284 g/mol. The maximum Gasteiger partial charge on any atom is 0.170 e. The first kappa shape index (κ1) is 11.8. The van der Waals surface area contributed by atoms with Crippen molar-refractivity contribution in [2.45, 2.75) is 6.92 Å². The quantitative estimate of drug-likeness (QED) is 0.817. The van der Waals surface area contributed by atoms with E-state index < -0.39 is 0 Å². The van der Waals surface area contributed by atoms with Gasteiger partial charge in [-0.25, -0.2) is 0 Å². The number of halogens is 2. The first-order valence-corrected chi connectivity index (χ1v) is 5.71. The Morgan fingerprint density at radius 1 is 1.57 bits per heavy atom. The third-order valence-electron chi connectivity index (χ3n) is 1.51. The summed E-state index contributed by atoms with van der Waals surface area (Å²) in [5, 5.41) is 7.22. The standard InChI is InChI=1S/C9H10BrClN2S/c1-2-12-9(14)13-8-5-6(10)3-4-7(8)11/h3-5H,2H2,1H3,(H2,12,13,14). The average Bonchev–Trinajstić information content (AvgIpc) is 2.12. The molecule has 0 aromatic heterocycles. The fourth-order valence-corrected chi connectivity index (χ4v) is 1.70. The first-order chi connectivity index (χ1) is 6.63. The van der Waals surface area contributed by atoms with E-state index in [2.05, 4.69) is 26.6 Å². The minimum Gasteiger partial charge on any atom is -0.363 e. The molecule has 0 radical (unpaired) electrons. The molecule has 0 saturated heterocycles. The summed E-state index contributed by atoms with van der Waals surface area (Å²) in [6.45, 7) is 2.77. The third-order valence-corrected chi connectivity index (χ3v) is 2.58. The Hall–Kier alpha value is -0.320. The molecule has 0 heterocycles. The molecule has 14 heavy (non-hydrogen) atoms. The third kappa shape index (κ3) is 3.44. The number of rotatable bonds is 2. The van der Waals surface area contributed by atoms with Crippen LogP contribution >= 0.6 is 39.7 Å². The van der Waals surface area contributed by atoms with Crippen molar-refractivity contribution in [3.63, 3.8) is 0 Å². The molecule has 0 saturated carbocycles. The zero-order chi connectivity index (χ0) is 10.6. The highest BCUT2D eigenvalue weighted by Crippen LogP contribution is 2.25. The van der Waals surface area contributed by atoms with E-state index >= 15 is 0 Å². The van der Waals surface area contributed by atoms with Gasteiger partial charge in [-0.1, -0.05) is 27.5 Å².